The maximum Gasteiger partial charge on any atom is 0.326 e. The Morgan fingerprint density at radius 3 is 1.89 bits per heavy atom. The number of carbonyl (C=O) groups excluding carboxylic acids is 1. The van der Waals surface area contributed by atoms with Gasteiger partial charge in [-0.3, -0.25) is 9.59 Å². The Hall–Kier alpha value is -0.130. The molecule has 0 saturated carbocycles. The van der Waals surface area contributed by atoms with Gasteiger partial charge in [0.05, 0.1) is 0 Å². The van der Waals surface area contributed by atoms with Crippen LogP contribution in [0.5, 0.6) is 0 Å². The third-order valence-electron chi connectivity index (χ3n) is 1.06. The van der Waals surface area contributed by atoms with Gasteiger partial charge in [-0.25, -0.2) is 0 Å². The average molecular weight is 242 g/mol. The van der Waals surface area contributed by atoms with E-state index in [1.54, 1.807) is 22.6 Å². The van der Waals surface area contributed by atoms with Gasteiger partial charge in [0.2, 0.25) is 0 Å². The first-order valence-electron chi connectivity index (χ1n) is 2.32. The first-order chi connectivity index (χ1) is 3.89. The molecule has 52 valence electrons. The van der Waals surface area contributed by atoms with Gasteiger partial charge in [0.1, 0.15) is 0 Å². The van der Waals surface area contributed by atoms with Gasteiger partial charge in [-0.1, -0.05) is 22.6 Å². The monoisotopic (exact) mass is 242 g/mol. The third-order valence-corrected chi connectivity index (χ3v) is 2.28. The average Bonchev–Trinajstić information content (AvgIpc) is 1.65. The van der Waals surface area contributed by atoms with Crippen LogP contribution < -0.4 is 0 Å². The predicted molar refractivity (Wildman–Crippen MR) is 40.7 cm³/mol. The summed E-state index contributed by atoms with van der Waals surface area (Å²) in [6.45, 7) is 2.64. The van der Waals surface area contributed by atoms with Crippen LogP contribution in [0.2, 0.25) is 0 Å². The second kappa shape index (κ2) is 2.64. The van der Waals surface area contributed by atoms with E-state index in [4.69, 9.17) is 5.11 Å². The fourth-order valence-corrected chi connectivity index (χ4v) is 0.151. The zero-order valence-electron chi connectivity index (χ0n) is 5.14. The van der Waals surface area contributed by atoms with Crippen molar-refractivity contribution in [3.05, 3.63) is 0 Å². The van der Waals surface area contributed by atoms with E-state index in [1.165, 1.54) is 13.8 Å². The van der Waals surface area contributed by atoms with Crippen molar-refractivity contribution in [3.63, 3.8) is 0 Å². The summed E-state index contributed by atoms with van der Waals surface area (Å²) in [4.78, 5) is 20.8. The third kappa shape index (κ3) is 1.92. The molecule has 0 aromatic rings. The molecule has 0 spiro atoms. The maximum atomic E-state index is 10.5. The van der Waals surface area contributed by atoms with Crippen LogP contribution in [0.3, 0.4) is 0 Å². The summed E-state index contributed by atoms with van der Waals surface area (Å²) >= 11 is 1.61. The highest BCUT2D eigenvalue weighted by Gasteiger charge is 2.34. The molecule has 0 amide bonds. The van der Waals surface area contributed by atoms with Crippen molar-refractivity contribution >= 4 is 34.3 Å². The fourth-order valence-electron chi connectivity index (χ4n) is 0.151. The van der Waals surface area contributed by atoms with Crippen LogP contribution in [0.15, 0.2) is 0 Å². The van der Waals surface area contributed by atoms with Gasteiger partial charge >= 0.3 is 5.97 Å². The number of carbonyl (C=O) groups is 2. The van der Waals surface area contributed by atoms with Crippen molar-refractivity contribution in [3.8, 4) is 0 Å². The number of alkyl halides is 1. The van der Waals surface area contributed by atoms with Crippen molar-refractivity contribution in [2.75, 3.05) is 0 Å². The highest BCUT2D eigenvalue weighted by atomic mass is 127. The SMILES string of the molecule is CC(=O)C(C)(I)C(=O)O. The zero-order valence-corrected chi connectivity index (χ0v) is 7.30. The Labute approximate surface area is 66.6 Å². The van der Waals surface area contributed by atoms with Crippen LogP contribution in [0, 0.1) is 0 Å². The molecule has 0 aliphatic heterocycles. The molecule has 0 aliphatic rings. The van der Waals surface area contributed by atoms with E-state index in [0.29, 0.717) is 0 Å². The normalized spacial score (nSPS) is 16.3. The summed E-state index contributed by atoms with van der Waals surface area (Å²) in [7, 11) is 0. The van der Waals surface area contributed by atoms with Gasteiger partial charge in [0, 0.05) is 0 Å². The van der Waals surface area contributed by atoms with Gasteiger partial charge < -0.3 is 5.11 Å². The molecule has 0 aliphatic carbocycles. The number of carboxylic acids is 1. The van der Waals surface area contributed by atoms with Crippen molar-refractivity contribution in [2.24, 2.45) is 0 Å². The number of hydrogen-bond acceptors (Lipinski definition) is 2. The van der Waals surface area contributed by atoms with E-state index >= 15 is 0 Å². The molecule has 4 heteroatoms. The minimum Gasteiger partial charge on any atom is -0.480 e. The Bertz CT molecular complexity index is 134. The Morgan fingerprint density at radius 2 is 1.89 bits per heavy atom. The van der Waals surface area contributed by atoms with E-state index in [2.05, 4.69) is 0 Å². The van der Waals surface area contributed by atoms with Gasteiger partial charge in [-0.05, 0) is 13.8 Å². The first kappa shape index (κ1) is 8.87. The number of rotatable bonds is 2. The van der Waals surface area contributed by atoms with Crippen LogP contribution in [-0.4, -0.2) is 20.3 Å². The summed E-state index contributed by atoms with van der Waals surface area (Å²) in [6, 6.07) is 0. The molecule has 0 bridgehead atoms. The molecule has 1 unspecified atom stereocenters. The van der Waals surface area contributed by atoms with E-state index < -0.39 is 9.39 Å². The number of aliphatic carboxylic acids is 1. The summed E-state index contributed by atoms with van der Waals surface area (Å²) in [5, 5.41) is 8.38. The van der Waals surface area contributed by atoms with Crippen LogP contribution in [0.25, 0.3) is 0 Å². The Balaban J connectivity index is 4.38. The van der Waals surface area contributed by atoms with E-state index in [0.717, 1.165) is 0 Å². The summed E-state index contributed by atoms with van der Waals surface area (Å²) < 4.78 is -1.25. The highest BCUT2D eigenvalue weighted by Crippen LogP contribution is 2.18. The summed E-state index contributed by atoms with van der Waals surface area (Å²) in [5.41, 5.74) is 0. The lowest BCUT2D eigenvalue weighted by atomic mass is 10.1. The number of hydrogen-bond donors (Lipinski definition) is 1. The molecule has 0 heterocycles. The molecule has 0 radical (unpaired) electrons. The smallest absolute Gasteiger partial charge is 0.326 e. The lowest BCUT2D eigenvalue weighted by molar-refractivity contribution is -0.142. The Kier molecular flexibility index (Phi) is 2.60. The number of halogens is 1. The van der Waals surface area contributed by atoms with Crippen molar-refractivity contribution in [1.29, 1.82) is 0 Å². The molecule has 0 aromatic carbocycles. The van der Waals surface area contributed by atoms with E-state index in [-0.39, 0.29) is 5.78 Å². The van der Waals surface area contributed by atoms with Gasteiger partial charge in [-0.15, -0.1) is 0 Å². The number of carboxylic acid groups (broad SMARTS) is 1. The van der Waals surface area contributed by atoms with Crippen LogP contribution in [-0.2, 0) is 9.59 Å². The van der Waals surface area contributed by atoms with Crippen molar-refractivity contribution < 1.29 is 14.7 Å². The van der Waals surface area contributed by atoms with Gasteiger partial charge in [-0.2, -0.15) is 0 Å². The second-order valence-electron chi connectivity index (χ2n) is 1.86. The molecule has 1 atom stereocenters. The molecular weight excluding hydrogens is 235 g/mol. The number of Topliss-reactive ketones (excluding diaryl/α,β-unsaturated/α-hetero) is 1. The zero-order chi connectivity index (χ0) is 7.65. The molecule has 0 aromatic heterocycles. The minimum absolute atomic E-state index is 0.337. The van der Waals surface area contributed by atoms with E-state index in [1.807, 2.05) is 0 Å². The number of ketones is 1. The van der Waals surface area contributed by atoms with Crippen molar-refractivity contribution in [2.45, 2.75) is 17.3 Å². The first-order valence-corrected chi connectivity index (χ1v) is 3.40. The lowest BCUT2D eigenvalue weighted by Gasteiger charge is -2.10. The molecule has 0 saturated heterocycles. The molecule has 1 N–H and O–H groups in total. The minimum atomic E-state index is -1.25. The van der Waals surface area contributed by atoms with Gasteiger partial charge in [0.25, 0.3) is 0 Å². The Morgan fingerprint density at radius 1 is 1.56 bits per heavy atom. The standard InChI is InChI=1S/C5H7IO3/c1-3(7)5(2,6)4(8)9/h1-2H3,(H,8,9). The highest BCUT2D eigenvalue weighted by molar-refractivity contribution is 14.1. The molecular formula is C5H7IO3. The largest absolute Gasteiger partial charge is 0.480 e. The van der Waals surface area contributed by atoms with Gasteiger partial charge in [0.15, 0.2) is 9.20 Å². The molecule has 0 rings (SSSR count). The van der Waals surface area contributed by atoms with Crippen molar-refractivity contribution in [1.82, 2.24) is 0 Å². The molecule has 9 heavy (non-hydrogen) atoms. The second-order valence-corrected chi connectivity index (χ2v) is 4.02. The van der Waals surface area contributed by atoms with Crippen LogP contribution in [0.1, 0.15) is 13.8 Å². The molecule has 0 fully saturated rings. The quantitative estimate of drug-likeness (QED) is 0.443. The maximum absolute atomic E-state index is 10.5. The van der Waals surface area contributed by atoms with E-state index in [9.17, 15) is 9.59 Å². The summed E-state index contributed by atoms with van der Waals surface area (Å²) in [6.07, 6.45) is 0. The van der Waals surface area contributed by atoms with Crippen LogP contribution >= 0.6 is 22.6 Å². The molecule has 3 nitrogen and oxygen atoms in total. The lowest BCUT2D eigenvalue weighted by Crippen LogP contribution is -2.35. The topological polar surface area (TPSA) is 54.4 Å². The summed E-state index contributed by atoms with van der Waals surface area (Å²) in [5.74, 6) is -1.42. The van der Waals surface area contributed by atoms with Crippen LogP contribution in [0.4, 0.5) is 0 Å². The fraction of sp³-hybridized carbons (Fsp3) is 0.600. The predicted octanol–water partition coefficient (Wildman–Crippen LogP) is 0.854.